The molecule has 0 aliphatic heterocycles. The van der Waals surface area contributed by atoms with Gasteiger partial charge in [-0.25, -0.2) is 0 Å². The maximum atomic E-state index is 13.1. The van der Waals surface area contributed by atoms with Crippen molar-refractivity contribution in [3.05, 3.63) is 115 Å². The van der Waals surface area contributed by atoms with Crippen molar-refractivity contribution >= 4 is 21.9 Å². The summed E-state index contributed by atoms with van der Waals surface area (Å²) in [6, 6.07) is 28.6. The number of rotatable bonds is 6. The average molecular weight is 402 g/mol. The first-order valence-electron chi connectivity index (χ1n) is 8.99. The molecule has 0 saturated heterocycles. The first kappa shape index (κ1) is 18.7. The quantitative estimate of drug-likeness (QED) is 0.439. The highest BCUT2D eigenvalue weighted by molar-refractivity contribution is 7.89. The standard InChI is InChI=1S/C23H18N2O3S/c26-29(27,21-14-8-3-9-15-21)25-22(16-17-24-25)23(18-19-10-4-1-5-11-19)28-20-12-6-2-7-13-20/h1-18H/b23-18+. The van der Waals surface area contributed by atoms with Crippen LogP contribution in [0, 0.1) is 0 Å². The zero-order valence-corrected chi connectivity index (χ0v) is 16.2. The van der Waals surface area contributed by atoms with Crippen LogP contribution in [0.5, 0.6) is 5.75 Å². The van der Waals surface area contributed by atoms with Crippen LogP contribution in [-0.2, 0) is 10.0 Å². The Morgan fingerprint density at radius 1 is 0.793 bits per heavy atom. The lowest BCUT2D eigenvalue weighted by Gasteiger charge is -2.13. The van der Waals surface area contributed by atoms with E-state index in [9.17, 15) is 8.42 Å². The van der Waals surface area contributed by atoms with Crippen molar-refractivity contribution in [2.24, 2.45) is 0 Å². The van der Waals surface area contributed by atoms with Crippen molar-refractivity contribution in [1.82, 2.24) is 9.19 Å². The van der Waals surface area contributed by atoms with E-state index in [4.69, 9.17) is 4.74 Å². The van der Waals surface area contributed by atoms with Crippen LogP contribution >= 0.6 is 0 Å². The first-order chi connectivity index (χ1) is 14.1. The van der Waals surface area contributed by atoms with Crippen LogP contribution in [0.1, 0.15) is 11.3 Å². The van der Waals surface area contributed by atoms with Crippen molar-refractivity contribution in [1.29, 1.82) is 0 Å². The lowest BCUT2D eigenvalue weighted by molar-refractivity contribution is 0.511. The van der Waals surface area contributed by atoms with Crippen molar-refractivity contribution < 1.29 is 13.2 Å². The van der Waals surface area contributed by atoms with E-state index in [1.165, 1.54) is 6.20 Å². The summed E-state index contributed by atoms with van der Waals surface area (Å²) in [4.78, 5) is 0.156. The molecule has 3 aromatic carbocycles. The molecule has 0 atom stereocenters. The molecular weight excluding hydrogens is 384 g/mol. The van der Waals surface area contributed by atoms with Crippen LogP contribution < -0.4 is 4.74 Å². The largest absolute Gasteiger partial charge is 0.455 e. The van der Waals surface area contributed by atoms with Gasteiger partial charge in [0, 0.05) is 0 Å². The Bertz CT molecular complexity index is 1220. The van der Waals surface area contributed by atoms with E-state index in [0.717, 1.165) is 9.65 Å². The summed E-state index contributed by atoms with van der Waals surface area (Å²) >= 11 is 0. The number of hydrogen-bond acceptors (Lipinski definition) is 4. The molecule has 6 heteroatoms. The van der Waals surface area contributed by atoms with Gasteiger partial charge >= 0.3 is 0 Å². The van der Waals surface area contributed by atoms with Gasteiger partial charge < -0.3 is 4.74 Å². The van der Waals surface area contributed by atoms with Gasteiger partial charge in [-0.3, -0.25) is 0 Å². The molecule has 4 rings (SSSR count). The molecular formula is C23H18N2O3S. The van der Waals surface area contributed by atoms with Crippen molar-refractivity contribution in [3.8, 4) is 5.75 Å². The van der Waals surface area contributed by atoms with Gasteiger partial charge in [-0.15, -0.1) is 4.09 Å². The van der Waals surface area contributed by atoms with Gasteiger partial charge in [0.1, 0.15) is 11.4 Å². The summed E-state index contributed by atoms with van der Waals surface area (Å²) in [6.07, 6.45) is 3.24. The van der Waals surface area contributed by atoms with Gasteiger partial charge in [0.2, 0.25) is 0 Å². The number of aromatic nitrogens is 2. The summed E-state index contributed by atoms with van der Waals surface area (Å²) in [5, 5.41) is 4.08. The average Bonchev–Trinajstić information content (AvgIpc) is 3.26. The van der Waals surface area contributed by atoms with Crippen LogP contribution in [0.25, 0.3) is 11.8 Å². The highest BCUT2D eigenvalue weighted by Gasteiger charge is 2.23. The number of benzene rings is 3. The smallest absolute Gasteiger partial charge is 0.283 e. The van der Waals surface area contributed by atoms with Gasteiger partial charge in [-0.2, -0.15) is 13.5 Å². The minimum atomic E-state index is -3.87. The van der Waals surface area contributed by atoms with E-state index in [1.54, 1.807) is 42.5 Å². The lowest BCUT2D eigenvalue weighted by Crippen LogP contribution is -2.18. The molecule has 0 bridgehead atoms. The van der Waals surface area contributed by atoms with Crippen molar-refractivity contribution in [2.45, 2.75) is 4.90 Å². The molecule has 0 fully saturated rings. The zero-order chi connectivity index (χ0) is 20.1. The molecule has 5 nitrogen and oxygen atoms in total. The fourth-order valence-electron chi connectivity index (χ4n) is 2.82. The third-order valence-corrected chi connectivity index (χ3v) is 5.81. The van der Waals surface area contributed by atoms with Gasteiger partial charge in [-0.1, -0.05) is 66.7 Å². The van der Waals surface area contributed by atoms with Crippen molar-refractivity contribution in [3.63, 3.8) is 0 Å². The SMILES string of the molecule is O=S(=O)(c1ccccc1)n1nccc1/C(=C\c1ccccc1)Oc1ccccc1. The number of para-hydroxylation sites is 1. The van der Waals surface area contributed by atoms with Crippen LogP contribution in [0.2, 0.25) is 0 Å². The minimum absolute atomic E-state index is 0.156. The predicted octanol–water partition coefficient (Wildman–Crippen LogP) is 4.70. The van der Waals surface area contributed by atoms with Crippen LogP contribution in [0.15, 0.2) is 108 Å². The molecule has 144 valence electrons. The predicted molar refractivity (Wildman–Crippen MR) is 113 cm³/mol. The molecule has 0 saturated carbocycles. The molecule has 4 aromatic rings. The molecule has 0 unspecified atom stereocenters. The second-order valence-corrected chi connectivity index (χ2v) is 7.98. The zero-order valence-electron chi connectivity index (χ0n) is 15.4. The fourth-order valence-corrected chi connectivity index (χ4v) is 4.11. The maximum Gasteiger partial charge on any atom is 0.283 e. The Labute approximate surface area is 169 Å². The molecule has 0 amide bonds. The second kappa shape index (κ2) is 8.16. The number of hydrogen-bond donors (Lipinski definition) is 0. The number of ether oxygens (including phenoxy) is 1. The van der Waals surface area contributed by atoms with E-state index in [0.29, 0.717) is 17.2 Å². The fraction of sp³-hybridized carbons (Fsp3) is 0. The Balaban J connectivity index is 1.83. The molecule has 0 spiro atoms. The molecule has 29 heavy (non-hydrogen) atoms. The summed E-state index contributed by atoms with van der Waals surface area (Å²) < 4.78 is 33.4. The van der Waals surface area contributed by atoms with E-state index in [1.807, 2.05) is 60.7 Å². The molecule has 1 aromatic heterocycles. The molecule has 0 aliphatic carbocycles. The minimum Gasteiger partial charge on any atom is -0.455 e. The molecule has 0 aliphatic rings. The van der Waals surface area contributed by atoms with E-state index < -0.39 is 10.0 Å². The van der Waals surface area contributed by atoms with Crippen LogP contribution in [-0.4, -0.2) is 17.6 Å². The molecule has 0 N–H and O–H groups in total. The van der Waals surface area contributed by atoms with Crippen LogP contribution in [0.4, 0.5) is 0 Å². The van der Waals surface area contributed by atoms with Gasteiger partial charge in [0.15, 0.2) is 5.76 Å². The van der Waals surface area contributed by atoms with E-state index >= 15 is 0 Å². The highest BCUT2D eigenvalue weighted by Crippen LogP contribution is 2.25. The summed E-state index contributed by atoms with van der Waals surface area (Å²) in [5.74, 6) is 0.971. The van der Waals surface area contributed by atoms with Gasteiger partial charge in [-0.05, 0) is 42.0 Å². The summed E-state index contributed by atoms with van der Waals surface area (Å²) in [6.45, 7) is 0. The second-order valence-electron chi connectivity index (χ2n) is 6.21. The lowest BCUT2D eigenvalue weighted by atomic mass is 10.2. The van der Waals surface area contributed by atoms with E-state index in [-0.39, 0.29) is 4.90 Å². The van der Waals surface area contributed by atoms with E-state index in [2.05, 4.69) is 5.10 Å². The molecule has 1 heterocycles. The summed E-state index contributed by atoms with van der Waals surface area (Å²) in [7, 11) is -3.87. The topological polar surface area (TPSA) is 61.2 Å². The van der Waals surface area contributed by atoms with Gasteiger partial charge in [0.25, 0.3) is 10.0 Å². The first-order valence-corrected chi connectivity index (χ1v) is 10.4. The highest BCUT2D eigenvalue weighted by atomic mass is 32.2. The Hall–Kier alpha value is -3.64. The van der Waals surface area contributed by atoms with Gasteiger partial charge in [0.05, 0.1) is 11.1 Å². The van der Waals surface area contributed by atoms with Crippen molar-refractivity contribution in [2.75, 3.05) is 0 Å². The Morgan fingerprint density at radius 3 is 2.03 bits per heavy atom. The summed E-state index contributed by atoms with van der Waals surface area (Å²) in [5.41, 5.74) is 1.21. The third kappa shape index (κ3) is 4.12. The monoisotopic (exact) mass is 402 g/mol. The van der Waals surface area contributed by atoms with Crippen LogP contribution in [0.3, 0.4) is 0 Å². The number of nitrogens with zero attached hydrogens (tertiary/aromatic N) is 2. The normalized spacial score (nSPS) is 11.9. The molecule has 0 radical (unpaired) electrons. The Kier molecular flexibility index (Phi) is 5.27. The third-order valence-electron chi connectivity index (χ3n) is 4.20. The Morgan fingerprint density at radius 2 is 1.38 bits per heavy atom. The maximum absolute atomic E-state index is 13.1.